The number of aliphatic hydroxyl groups excluding tert-OH is 1. The number of carbonyl (C=O) groups is 3. The molecule has 2 aliphatic rings. The second-order valence-corrected chi connectivity index (χ2v) is 13.5. The molecular weight excluding hydrogens is 546 g/mol. The van der Waals surface area contributed by atoms with Gasteiger partial charge in [0.2, 0.25) is 11.8 Å². The van der Waals surface area contributed by atoms with Crippen molar-refractivity contribution >= 4 is 29.5 Å². The van der Waals surface area contributed by atoms with Gasteiger partial charge in [-0.05, 0) is 62.3 Å². The zero-order valence-corrected chi connectivity index (χ0v) is 25.2. The molecule has 1 saturated heterocycles. The quantitative estimate of drug-likeness (QED) is 0.333. The molecule has 42 heavy (non-hydrogen) atoms. The van der Waals surface area contributed by atoms with Crippen LogP contribution in [0, 0.1) is 6.92 Å². The van der Waals surface area contributed by atoms with Crippen LogP contribution in [0.1, 0.15) is 48.9 Å². The molecule has 220 valence electrons. The molecule has 1 aliphatic heterocycles. The molecule has 1 heterocycles. The number of aryl methyl sites for hydroxylation is 1. The van der Waals surface area contributed by atoms with Crippen LogP contribution in [0.15, 0.2) is 84.9 Å². The molecule has 2 fully saturated rings. The third-order valence-corrected chi connectivity index (χ3v) is 9.93. The SMILES string of the molecule is Cc1ccccc1CNC(=O)C1N(C(=O)C(O)C(Cc2ccccc2)NC(=O)C2(c3ccccc3)CC2)CSC1(C)C. The van der Waals surface area contributed by atoms with Gasteiger partial charge in [-0.25, -0.2) is 0 Å². The maximum absolute atomic E-state index is 14.0. The van der Waals surface area contributed by atoms with E-state index in [-0.39, 0.29) is 24.1 Å². The smallest absolute Gasteiger partial charge is 0.254 e. The van der Waals surface area contributed by atoms with Crippen molar-refractivity contribution in [3.63, 3.8) is 0 Å². The van der Waals surface area contributed by atoms with Crippen molar-refractivity contribution in [2.75, 3.05) is 5.88 Å². The first kappa shape index (κ1) is 29.9. The van der Waals surface area contributed by atoms with Gasteiger partial charge < -0.3 is 20.6 Å². The number of amides is 3. The van der Waals surface area contributed by atoms with Crippen LogP contribution in [0.5, 0.6) is 0 Å². The first-order valence-electron chi connectivity index (χ1n) is 14.5. The molecule has 7 nitrogen and oxygen atoms in total. The molecule has 0 radical (unpaired) electrons. The van der Waals surface area contributed by atoms with Gasteiger partial charge in [-0.3, -0.25) is 14.4 Å². The lowest BCUT2D eigenvalue weighted by molar-refractivity contribution is -0.148. The largest absolute Gasteiger partial charge is 0.381 e. The highest BCUT2D eigenvalue weighted by Crippen LogP contribution is 2.48. The lowest BCUT2D eigenvalue weighted by Crippen LogP contribution is -2.59. The number of hydrogen-bond acceptors (Lipinski definition) is 5. The number of carbonyl (C=O) groups excluding carboxylic acids is 3. The molecule has 3 N–H and O–H groups in total. The van der Waals surface area contributed by atoms with E-state index in [1.165, 1.54) is 16.7 Å². The molecule has 3 unspecified atom stereocenters. The van der Waals surface area contributed by atoms with E-state index in [1.54, 1.807) is 0 Å². The summed E-state index contributed by atoms with van der Waals surface area (Å²) in [5.74, 6) is -0.746. The minimum absolute atomic E-state index is 0.190. The van der Waals surface area contributed by atoms with Crippen LogP contribution in [-0.2, 0) is 32.8 Å². The minimum Gasteiger partial charge on any atom is -0.381 e. The molecule has 1 saturated carbocycles. The number of thioether (sulfide) groups is 1. The van der Waals surface area contributed by atoms with Crippen LogP contribution >= 0.6 is 11.8 Å². The summed E-state index contributed by atoms with van der Waals surface area (Å²) in [4.78, 5) is 42.7. The summed E-state index contributed by atoms with van der Waals surface area (Å²) >= 11 is 1.50. The van der Waals surface area contributed by atoms with Crippen molar-refractivity contribution in [3.8, 4) is 0 Å². The maximum atomic E-state index is 14.0. The van der Waals surface area contributed by atoms with Crippen molar-refractivity contribution in [1.29, 1.82) is 0 Å². The van der Waals surface area contributed by atoms with E-state index in [2.05, 4.69) is 10.6 Å². The molecule has 1 aliphatic carbocycles. The summed E-state index contributed by atoms with van der Waals surface area (Å²) in [7, 11) is 0. The number of aliphatic hydroxyl groups is 1. The van der Waals surface area contributed by atoms with Gasteiger partial charge in [-0.15, -0.1) is 11.8 Å². The summed E-state index contributed by atoms with van der Waals surface area (Å²) in [6.07, 6.45) is 0.177. The Hall–Kier alpha value is -3.62. The van der Waals surface area contributed by atoms with Gasteiger partial charge in [-0.2, -0.15) is 0 Å². The van der Waals surface area contributed by atoms with Gasteiger partial charge in [0.1, 0.15) is 6.04 Å². The van der Waals surface area contributed by atoms with E-state index >= 15 is 0 Å². The molecule has 3 aromatic carbocycles. The van der Waals surface area contributed by atoms with Gasteiger partial charge in [0.15, 0.2) is 6.10 Å². The van der Waals surface area contributed by atoms with Crippen LogP contribution in [-0.4, -0.2) is 56.5 Å². The fraction of sp³-hybridized carbons (Fsp3) is 0.382. The van der Waals surface area contributed by atoms with Gasteiger partial charge in [0.25, 0.3) is 5.91 Å². The highest BCUT2D eigenvalue weighted by molar-refractivity contribution is 8.00. The average Bonchev–Trinajstić information content (AvgIpc) is 3.74. The monoisotopic (exact) mass is 585 g/mol. The highest BCUT2D eigenvalue weighted by Gasteiger charge is 2.53. The Bertz CT molecular complexity index is 1420. The van der Waals surface area contributed by atoms with E-state index in [0.29, 0.717) is 19.4 Å². The Morgan fingerprint density at radius 1 is 0.952 bits per heavy atom. The Morgan fingerprint density at radius 3 is 2.21 bits per heavy atom. The fourth-order valence-electron chi connectivity index (χ4n) is 5.79. The van der Waals surface area contributed by atoms with Crippen LogP contribution in [0.3, 0.4) is 0 Å². The Balaban J connectivity index is 1.35. The predicted octanol–water partition coefficient (Wildman–Crippen LogP) is 4.11. The van der Waals surface area contributed by atoms with Crippen LogP contribution < -0.4 is 10.6 Å². The first-order valence-corrected chi connectivity index (χ1v) is 15.5. The van der Waals surface area contributed by atoms with Crippen molar-refractivity contribution in [3.05, 3.63) is 107 Å². The van der Waals surface area contributed by atoms with Crippen LogP contribution in [0.2, 0.25) is 0 Å². The predicted molar refractivity (Wildman–Crippen MR) is 166 cm³/mol. The molecule has 0 spiro atoms. The zero-order chi connectivity index (χ0) is 29.9. The van der Waals surface area contributed by atoms with E-state index in [9.17, 15) is 19.5 Å². The number of rotatable bonds is 10. The van der Waals surface area contributed by atoms with E-state index in [1.807, 2.05) is 106 Å². The minimum atomic E-state index is -1.53. The second kappa shape index (κ2) is 12.3. The molecular formula is C34H39N3O4S. The van der Waals surface area contributed by atoms with Gasteiger partial charge in [-0.1, -0.05) is 84.9 Å². The van der Waals surface area contributed by atoms with Crippen LogP contribution in [0.4, 0.5) is 0 Å². The molecule has 3 amide bonds. The fourth-order valence-corrected chi connectivity index (χ4v) is 6.93. The Labute approximate surface area is 252 Å². The molecule has 0 aromatic heterocycles. The van der Waals surface area contributed by atoms with Crippen molar-refractivity contribution in [1.82, 2.24) is 15.5 Å². The highest BCUT2D eigenvalue weighted by atomic mass is 32.2. The Morgan fingerprint density at radius 2 is 1.57 bits per heavy atom. The molecule has 5 rings (SSSR count). The zero-order valence-electron chi connectivity index (χ0n) is 24.4. The van der Waals surface area contributed by atoms with E-state index in [4.69, 9.17) is 0 Å². The first-order chi connectivity index (χ1) is 20.1. The maximum Gasteiger partial charge on any atom is 0.254 e. The van der Waals surface area contributed by atoms with Crippen molar-refractivity contribution in [2.24, 2.45) is 0 Å². The van der Waals surface area contributed by atoms with Crippen molar-refractivity contribution in [2.45, 2.75) is 74.9 Å². The van der Waals surface area contributed by atoms with Gasteiger partial charge >= 0.3 is 0 Å². The normalized spacial score (nSPS) is 19.9. The van der Waals surface area contributed by atoms with Gasteiger partial charge in [0, 0.05) is 11.3 Å². The summed E-state index contributed by atoms with van der Waals surface area (Å²) in [6.45, 7) is 6.22. The summed E-state index contributed by atoms with van der Waals surface area (Å²) in [5, 5.41) is 17.6. The third-order valence-electron chi connectivity index (χ3n) is 8.55. The summed E-state index contributed by atoms with van der Waals surface area (Å²) < 4.78 is -0.561. The van der Waals surface area contributed by atoms with Crippen LogP contribution in [0.25, 0.3) is 0 Å². The number of nitrogens with one attached hydrogen (secondary N) is 2. The molecule has 3 atom stereocenters. The third kappa shape index (κ3) is 6.25. The average molecular weight is 586 g/mol. The Kier molecular flexibility index (Phi) is 8.76. The topological polar surface area (TPSA) is 98.7 Å². The molecule has 3 aromatic rings. The number of hydrogen-bond donors (Lipinski definition) is 3. The number of benzene rings is 3. The lowest BCUT2D eigenvalue weighted by atomic mass is 9.93. The molecule has 8 heteroatoms. The van der Waals surface area contributed by atoms with Gasteiger partial charge in [0.05, 0.1) is 17.3 Å². The van der Waals surface area contributed by atoms with E-state index < -0.39 is 34.3 Å². The standard InChI is InChI=1S/C34H39N3O4S/c1-23-12-10-11-15-25(23)21-35-30(39)29-33(2,3)42-22-37(29)31(40)28(38)27(20-24-13-6-4-7-14-24)36-32(41)34(18-19-34)26-16-8-5-9-17-26/h4-17,27-29,38H,18-22H2,1-3H3,(H,35,39)(H,36,41). The number of nitrogens with zero attached hydrogens (tertiary/aromatic N) is 1. The second-order valence-electron chi connectivity index (χ2n) is 11.9. The summed E-state index contributed by atoms with van der Waals surface area (Å²) in [5.41, 5.74) is 3.25. The van der Waals surface area contributed by atoms with E-state index in [0.717, 1.165) is 22.3 Å². The summed E-state index contributed by atoms with van der Waals surface area (Å²) in [6, 6.07) is 25.4. The lowest BCUT2D eigenvalue weighted by Gasteiger charge is -2.33. The van der Waals surface area contributed by atoms with Crippen molar-refractivity contribution < 1.29 is 19.5 Å². The molecule has 0 bridgehead atoms.